The molecule has 1 aliphatic rings. The van der Waals surface area contributed by atoms with Crippen molar-refractivity contribution in [2.24, 2.45) is 5.92 Å². The van der Waals surface area contributed by atoms with E-state index in [-0.39, 0.29) is 23.2 Å². The van der Waals surface area contributed by atoms with Crippen molar-refractivity contribution in [1.29, 1.82) is 0 Å². The number of rotatable bonds is 5. The van der Waals surface area contributed by atoms with Crippen molar-refractivity contribution >= 4 is 34.0 Å². The van der Waals surface area contributed by atoms with E-state index in [9.17, 15) is 12.8 Å². The van der Waals surface area contributed by atoms with Crippen LogP contribution in [-0.4, -0.2) is 39.4 Å². The van der Waals surface area contributed by atoms with Crippen LogP contribution >= 0.6 is 24.0 Å². The van der Waals surface area contributed by atoms with Crippen molar-refractivity contribution in [3.8, 4) is 0 Å². The minimum atomic E-state index is -3.37. The summed E-state index contributed by atoms with van der Waals surface area (Å²) in [6.07, 6.45) is 0.865. The third-order valence-corrected chi connectivity index (χ3v) is 5.57. The fraction of sp³-hybridized carbons (Fsp3) is 0.538. The Kier molecular flexibility index (Phi) is 6.87. The van der Waals surface area contributed by atoms with Gasteiger partial charge in [0.15, 0.2) is 0 Å². The van der Waals surface area contributed by atoms with E-state index in [1.165, 1.54) is 22.5 Å². The van der Waals surface area contributed by atoms with Gasteiger partial charge in [0.05, 0.1) is 10.8 Å². The largest absolute Gasteiger partial charge is 0.319 e. The Morgan fingerprint density at radius 2 is 2.19 bits per heavy atom. The Hall–Kier alpha value is -0.400. The van der Waals surface area contributed by atoms with Crippen LogP contribution in [0.2, 0.25) is 5.02 Å². The van der Waals surface area contributed by atoms with Crippen LogP contribution in [0.3, 0.4) is 0 Å². The summed E-state index contributed by atoms with van der Waals surface area (Å²) in [5.41, 5.74) is 0.508. The van der Waals surface area contributed by atoms with Gasteiger partial charge in [-0.25, -0.2) is 17.1 Å². The first-order valence-electron chi connectivity index (χ1n) is 6.48. The van der Waals surface area contributed by atoms with Crippen LogP contribution in [0.25, 0.3) is 0 Å². The van der Waals surface area contributed by atoms with Crippen LogP contribution in [-0.2, 0) is 15.8 Å². The lowest BCUT2D eigenvalue weighted by atomic mass is 10.1. The van der Waals surface area contributed by atoms with E-state index in [0.717, 1.165) is 13.0 Å². The molecule has 1 unspecified atom stereocenters. The van der Waals surface area contributed by atoms with Gasteiger partial charge in [0, 0.05) is 13.1 Å². The smallest absolute Gasteiger partial charge is 0.218 e. The molecule has 1 aromatic rings. The molecule has 1 atom stereocenters. The number of nitrogens with zero attached hydrogens (tertiary/aromatic N) is 1. The first kappa shape index (κ1) is 18.6. The number of hydrogen-bond donors (Lipinski definition) is 1. The maximum Gasteiger partial charge on any atom is 0.218 e. The highest BCUT2D eigenvalue weighted by atomic mass is 35.5. The molecule has 21 heavy (non-hydrogen) atoms. The molecule has 0 amide bonds. The maximum absolute atomic E-state index is 13.1. The van der Waals surface area contributed by atoms with Gasteiger partial charge in [0.2, 0.25) is 10.0 Å². The highest BCUT2D eigenvalue weighted by Gasteiger charge is 2.31. The monoisotopic (exact) mass is 356 g/mol. The van der Waals surface area contributed by atoms with Gasteiger partial charge in [0.1, 0.15) is 5.82 Å². The second-order valence-corrected chi connectivity index (χ2v) is 7.45. The molecule has 4 nitrogen and oxygen atoms in total. The van der Waals surface area contributed by atoms with Crippen LogP contribution in [0.15, 0.2) is 18.2 Å². The molecule has 0 saturated carbocycles. The molecule has 1 heterocycles. The molecule has 0 aliphatic carbocycles. The number of halogens is 3. The van der Waals surface area contributed by atoms with Gasteiger partial charge in [-0.1, -0.05) is 17.7 Å². The molecule has 1 fully saturated rings. The SMILES string of the molecule is CNCC1CCN(S(=O)(=O)Cc2ccc(F)c(Cl)c2)C1.Cl. The molecule has 0 aromatic heterocycles. The quantitative estimate of drug-likeness (QED) is 0.880. The Morgan fingerprint density at radius 3 is 2.81 bits per heavy atom. The molecule has 0 radical (unpaired) electrons. The Morgan fingerprint density at radius 1 is 1.48 bits per heavy atom. The van der Waals surface area contributed by atoms with Crippen molar-refractivity contribution in [2.45, 2.75) is 12.2 Å². The molecule has 1 N–H and O–H groups in total. The van der Waals surface area contributed by atoms with Crippen molar-refractivity contribution in [1.82, 2.24) is 9.62 Å². The molecule has 120 valence electrons. The van der Waals surface area contributed by atoms with E-state index in [0.29, 0.717) is 24.6 Å². The minimum Gasteiger partial charge on any atom is -0.319 e. The van der Waals surface area contributed by atoms with E-state index in [1.54, 1.807) is 0 Å². The van der Waals surface area contributed by atoms with Crippen LogP contribution in [0.4, 0.5) is 4.39 Å². The molecule has 1 aliphatic heterocycles. The van der Waals surface area contributed by atoms with Gasteiger partial charge < -0.3 is 5.32 Å². The average Bonchev–Trinajstić information content (AvgIpc) is 2.83. The fourth-order valence-corrected chi connectivity index (χ4v) is 4.24. The molecule has 1 aromatic carbocycles. The van der Waals surface area contributed by atoms with Crippen molar-refractivity contribution in [3.05, 3.63) is 34.6 Å². The predicted octanol–water partition coefficient (Wildman–Crippen LogP) is 2.27. The lowest BCUT2D eigenvalue weighted by molar-refractivity contribution is 0.450. The van der Waals surface area contributed by atoms with E-state index < -0.39 is 15.8 Å². The standard InChI is InChI=1S/C13H18ClFN2O2S.ClH/c1-16-7-11-4-5-17(8-11)20(18,19)9-10-2-3-13(15)12(14)6-10;/h2-3,6,11,16H,4-5,7-9H2,1H3;1H. The third-order valence-electron chi connectivity index (χ3n) is 3.47. The molecule has 0 spiro atoms. The molecule has 1 saturated heterocycles. The van der Waals surface area contributed by atoms with E-state index in [4.69, 9.17) is 11.6 Å². The molecule has 0 bridgehead atoms. The van der Waals surface area contributed by atoms with Gasteiger partial charge in [0.25, 0.3) is 0 Å². The maximum atomic E-state index is 13.1. The predicted molar refractivity (Wildman–Crippen MR) is 84.9 cm³/mol. The molecular weight excluding hydrogens is 338 g/mol. The van der Waals surface area contributed by atoms with E-state index in [2.05, 4.69) is 5.32 Å². The summed E-state index contributed by atoms with van der Waals surface area (Å²) in [6, 6.07) is 4.02. The van der Waals surface area contributed by atoms with E-state index >= 15 is 0 Å². The zero-order chi connectivity index (χ0) is 14.8. The van der Waals surface area contributed by atoms with E-state index in [1.807, 2.05) is 7.05 Å². The zero-order valence-corrected chi connectivity index (χ0v) is 14.1. The number of sulfonamides is 1. The summed E-state index contributed by atoms with van der Waals surface area (Å²) in [6.45, 7) is 1.90. The second kappa shape index (κ2) is 7.74. The first-order chi connectivity index (χ1) is 9.42. The summed E-state index contributed by atoms with van der Waals surface area (Å²) < 4.78 is 39.2. The highest BCUT2D eigenvalue weighted by Crippen LogP contribution is 2.23. The van der Waals surface area contributed by atoms with Crippen molar-refractivity contribution in [2.75, 3.05) is 26.7 Å². The van der Waals surface area contributed by atoms with Gasteiger partial charge in [-0.05, 0) is 43.6 Å². The van der Waals surface area contributed by atoms with Crippen LogP contribution in [0, 0.1) is 11.7 Å². The number of nitrogens with one attached hydrogen (secondary N) is 1. The van der Waals surface area contributed by atoms with Crippen LogP contribution in [0.1, 0.15) is 12.0 Å². The zero-order valence-electron chi connectivity index (χ0n) is 11.7. The van der Waals surface area contributed by atoms with Crippen molar-refractivity contribution < 1.29 is 12.8 Å². The third kappa shape index (κ3) is 4.79. The van der Waals surface area contributed by atoms with Gasteiger partial charge in [-0.3, -0.25) is 0 Å². The number of hydrogen-bond acceptors (Lipinski definition) is 3. The molecule has 2 rings (SSSR count). The summed E-state index contributed by atoms with van der Waals surface area (Å²) in [7, 11) is -1.51. The van der Waals surface area contributed by atoms with Crippen LogP contribution < -0.4 is 5.32 Å². The lowest BCUT2D eigenvalue weighted by Crippen LogP contribution is -2.31. The Bertz CT molecular complexity index is 584. The highest BCUT2D eigenvalue weighted by molar-refractivity contribution is 7.88. The van der Waals surface area contributed by atoms with Gasteiger partial charge in [-0.2, -0.15) is 0 Å². The summed E-state index contributed by atoms with van der Waals surface area (Å²) in [5, 5.41) is 3.02. The van der Waals surface area contributed by atoms with Crippen molar-refractivity contribution in [3.63, 3.8) is 0 Å². The molecular formula is C13H19Cl2FN2O2S. The molecule has 8 heteroatoms. The van der Waals surface area contributed by atoms with Gasteiger partial charge in [-0.15, -0.1) is 12.4 Å². The Labute approximate surface area is 136 Å². The first-order valence-corrected chi connectivity index (χ1v) is 8.47. The number of benzene rings is 1. The summed E-state index contributed by atoms with van der Waals surface area (Å²) in [4.78, 5) is 0. The summed E-state index contributed by atoms with van der Waals surface area (Å²) >= 11 is 5.68. The summed E-state index contributed by atoms with van der Waals surface area (Å²) in [5.74, 6) is -0.325. The average molecular weight is 357 g/mol. The minimum absolute atomic E-state index is 0. The van der Waals surface area contributed by atoms with Crippen LogP contribution in [0.5, 0.6) is 0 Å². The lowest BCUT2D eigenvalue weighted by Gasteiger charge is -2.16. The topological polar surface area (TPSA) is 49.4 Å². The fourth-order valence-electron chi connectivity index (χ4n) is 2.44. The second-order valence-electron chi connectivity index (χ2n) is 5.08. The normalized spacial score (nSPS) is 19.5. The Balaban J connectivity index is 0.00000220. The van der Waals surface area contributed by atoms with Gasteiger partial charge >= 0.3 is 0 Å².